The first-order valence-corrected chi connectivity index (χ1v) is 9.41. The van der Waals surface area contributed by atoms with E-state index in [4.69, 9.17) is 0 Å². The molecular weight excluding hydrogens is 270 g/mol. The second-order valence-corrected chi connectivity index (χ2v) is 7.06. The molecule has 0 aromatic carbocycles. The molecule has 0 N–H and O–H groups in total. The van der Waals surface area contributed by atoms with Crippen molar-refractivity contribution < 1.29 is 0 Å². The van der Waals surface area contributed by atoms with E-state index in [1.54, 1.807) is 0 Å². The highest BCUT2D eigenvalue weighted by Gasteiger charge is 2.26. The molecule has 3 nitrogen and oxygen atoms in total. The van der Waals surface area contributed by atoms with Crippen molar-refractivity contribution >= 4 is 0 Å². The van der Waals surface area contributed by atoms with Crippen molar-refractivity contribution in [1.82, 2.24) is 14.7 Å². The summed E-state index contributed by atoms with van der Waals surface area (Å²) in [5.41, 5.74) is 1.36. The Morgan fingerprint density at radius 3 is 2.05 bits per heavy atom. The fourth-order valence-corrected chi connectivity index (χ4v) is 3.38. The highest BCUT2D eigenvalue weighted by atomic mass is 15.3. The second kappa shape index (κ2) is 10.3. The van der Waals surface area contributed by atoms with Gasteiger partial charge in [-0.15, -0.1) is 0 Å². The van der Waals surface area contributed by atoms with E-state index in [1.165, 1.54) is 70.6 Å². The maximum absolute atomic E-state index is 4.30. The van der Waals surface area contributed by atoms with Crippen molar-refractivity contribution in [3.63, 3.8) is 0 Å². The molecule has 3 heteroatoms. The van der Waals surface area contributed by atoms with Crippen LogP contribution in [0.4, 0.5) is 0 Å². The number of likely N-dealkylation sites (tertiary alicyclic amines) is 1. The van der Waals surface area contributed by atoms with Gasteiger partial charge < -0.3 is 9.80 Å². The van der Waals surface area contributed by atoms with Crippen LogP contribution in [0, 0.1) is 5.92 Å². The summed E-state index contributed by atoms with van der Waals surface area (Å²) in [6.45, 7) is 20.3. The van der Waals surface area contributed by atoms with Gasteiger partial charge in [0.25, 0.3) is 0 Å². The summed E-state index contributed by atoms with van der Waals surface area (Å²) < 4.78 is 0. The molecule has 2 rings (SSSR count). The number of hydrogen-bond acceptors (Lipinski definition) is 3. The molecule has 0 saturated carbocycles. The summed E-state index contributed by atoms with van der Waals surface area (Å²) in [6.07, 6.45) is 5.15. The average Bonchev–Trinajstić information content (AvgIpc) is 2.55. The molecule has 0 amide bonds. The van der Waals surface area contributed by atoms with Crippen LogP contribution in [0.15, 0.2) is 12.3 Å². The topological polar surface area (TPSA) is 9.72 Å². The van der Waals surface area contributed by atoms with Gasteiger partial charge in [0.2, 0.25) is 0 Å². The number of nitrogens with zero attached hydrogens (tertiary/aromatic N) is 3. The van der Waals surface area contributed by atoms with Gasteiger partial charge in [-0.3, -0.25) is 4.90 Å². The first-order valence-electron chi connectivity index (χ1n) is 9.41. The molecule has 2 heterocycles. The lowest BCUT2D eigenvalue weighted by Crippen LogP contribution is -2.52. The number of rotatable bonds is 5. The molecule has 0 radical (unpaired) electrons. The third-order valence-corrected chi connectivity index (χ3v) is 4.98. The quantitative estimate of drug-likeness (QED) is 0.767. The molecule has 0 aromatic rings. The zero-order valence-corrected chi connectivity index (χ0v) is 15.8. The summed E-state index contributed by atoms with van der Waals surface area (Å²) in [4.78, 5) is 7.70. The van der Waals surface area contributed by atoms with Gasteiger partial charge in [0, 0.05) is 37.9 Å². The monoisotopic (exact) mass is 309 g/mol. The maximum atomic E-state index is 4.30. The third-order valence-electron chi connectivity index (χ3n) is 4.98. The molecule has 0 bridgehead atoms. The molecule has 22 heavy (non-hydrogen) atoms. The van der Waals surface area contributed by atoms with E-state index in [0.717, 1.165) is 12.0 Å². The normalized spacial score (nSPS) is 21.6. The van der Waals surface area contributed by atoms with Crippen molar-refractivity contribution in [3.8, 4) is 0 Å². The molecule has 0 aromatic heterocycles. The number of hydrogen-bond donors (Lipinski definition) is 0. The smallest absolute Gasteiger partial charge is 0.0303 e. The maximum Gasteiger partial charge on any atom is 0.0303 e. The molecule has 2 aliphatic heterocycles. The summed E-state index contributed by atoms with van der Waals surface area (Å²) in [6, 6.07) is 0.831. The van der Waals surface area contributed by atoms with Crippen molar-refractivity contribution in [2.45, 2.75) is 59.4 Å². The van der Waals surface area contributed by atoms with Crippen molar-refractivity contribution in [2.75, 3.05) is 46.3 Å². The first kappa shape index (κ1) is 19.5. The van der Waals surface area contributed by atoms with E-state index >= 15 is 0 Å². The van der Waals surface area contributed by atoms with Crippen LogP contribution in [-0.4, -0.2) is 67.1 Å². The predicted octanol–water partition coefficient (Wildman–Crippen LogP) is 3.67. The zero-order chi connectivity index (χ0) is 16.5. The van der Waals surface area contributed by atoms with E-state index in [1.807, 2.05) is 13.8 Å². The molecule has 0 spiro atoms. The molecule has 0 unspecified atom stereocenters. The van der Waals surface area contributed by atoms with Crippen LogP contribution in [0.5, 0.6) is 0 Å². The van der Waals surface area contributed by atoms with Gasteiger partial charge in [-0.2, -0.15) is 0 Å². The number of allylic oxidation sites excluding steroid dienone is 1. The minimum Gasteiger partial charge on any atom is -0.373 e. The van der Waals surface area contributed by atoms with Gasteiger partial charge in [-0.05, 0) is 51.7 Å². The first-order chi connectivity index (χ1) is 10.6. The van der Waals surface area contributed by atoms with Crippen LogP contribution in [0.2, 0.25) is 0 Å². The van der Waals surface area contributed by atoms with Crippen molar-refractivity contribution in [2.24, 2.45) is 5.92 Å². The highest BCUT2D eigenvalue weighted by molar-refractivity contribution is 4.97. The summed E-state index contributed by atoms with van der Waals surface area (Å²) in [5.74, 6) is 0.785. The number of piperazine rings is 1. The Hall–Kier alpha value is -0.540. The minimum absolute atomic E-state index is 0.785. The van der Waals surface area contributed by atoms with Crippen molar-refractivity contribution in [1.29, 1.82) is 0 Å². The van der Waals surface area contributed by atoms with E-state index in [0.29, 0.717) is 0 Å². The molecule has 130 valence electrons. The summed E-state index contributed by atoms with van der Waals surface area (Å²) in [5, 5.41) is 0. The predicted molar refractivity (Wildman–Crippen MR) is 98.2 cm³/mol. The van der Waals surface area contributed by atoms with Gasteiger partial charge in [0.05, 0.1) is 0 Å². The van der Waals surface area contributed by atoms with E-state index in [9.17, 15) is 0 Å². The zero-order valence-electron chi connectivity index (χ0n) is 15.8. The SMILES string of the molecule is C=C(CCC(C)C)N1CCN(C2CCN(C)CC2)CC1.CC. The Morgan fingerprint density at radius 2 is 1.55 bits per heavy atom. The summed E-state index contributed by atoms with van der Waals surface area (Å²) >= 11 is 0. The largest absolute Gasteiger partial charge is 0.373 e. The lowest BCUT2D eigenvalue weighted by atomic mass is 10.0. The van der Waals surface area contributed by atoms with E-state index in [2.05, 4.69) is 42.2 Å². The Morgan fingerprint density at radius 1 is 1.00 bits per heavy atom. The fraction of sp³-hybridized carbons (Fsp3) is 0.895. The Kier molecular flexibility index (Phi) is 9.11. The number of piperidine rings is 1. The van der Waals surface area contributed by atoms with Crippen LogP contribution in [0.3, 0.4) is 0 Å². The van der Waals surface area contributed by atoms with Crippen LogP contribution in [0.25, 0.3) is 0 Å². The molecule has 2 fully saturated rings. The minimum atomic E-state index is 0.785. The Bertz CT molecular complexity index is 298. The molecule has 2 aliphatic rings. The lowest BCUT2D eigenvalue weighted by molar-refractivity contribution is 0.0753. The van der Waals surface area contributed by atoms with Crippen molar-refractivity contribution in [3.05, 3.63) is 12.3 Å². The van der Waals surface area contributed by atoms with Gasteiger partial charge in [0.15, 0.2) is 0 Å². The Balaban J connectivity index is 0.00000116. The fourth-order valence-electron chi connectivity index (χ4n) is 3.38. The van der Waals surface area contributed by atoms with E-state index < -0.39 is 0 Å². The van der Waals surface area contributed by atoms with Gasteiger partial charge in [0.1, 0.15) is 0 Å². The Labute approximate surface area is 139 Å². The third kappa shape index (κ3) is 6.29. The lowest BCUT2D eigenvalue weighted by Gasteiger charge is -2.43. The second-order valence-electron chi connectivity index (χ2n) is 7.06. The van der Waals surface area contributed by atoms with Gasteiger partial charge >= 0.3 is 0 Å². The highest BCUT2D eigenvalue weighted by Crippen LogP contribution is 2.20. The average molecular weight is 310 g/mol. The molecule has 0 aliphatic carbocycles. The molecular formula is C19H39N3. The van der Waals surface area contributed by atoms with Gasteiger partial charge in [-0.25, -0.2) is 0 Å². The van der Waals surface area contributed by atoms with Crippen LogP contribution < -0.4 is 0 Å². The van der Waals surface area contributed by atoms with Crippen LogP contribution in [-0.2, 0) is 0 Å². The van der Waals surface area contributed by atoms with Crippen LogP contribution >= 0.6 is 0 Å². The molecule has 0 atom stereocenters. The standard InChI is InChI=1S/C17H33N3.C2H6/c1-15(2)5-6-16(3)19-11-13-20(14-12-19)17-7-9-18(4)10-8-17;1-2/h15,17H,3,5-14H2,1-2,4H3;1-2H3. The van der Waals surface area contributed by atoms with E-state index in [-0.39, 0.29) is 0 Å². The molecule has 2 saturated heterocycles. The van der Waals surface area contributed by atoms with Gasteiger partial charge in [-0.1, -0.05) is 34.3 Å². The summed E-state index contributed by atoms with van der Waals surface area (Å²) in [7, 11) is 2.24. The van der Waals surface area contributed by atoms with Crippen LogP contribution in [0.1, 0.15) is 53.4 Å².